The van der Waals surface area contributed by atoms with Crippen LogP contribution in [0.3, 0.4) is 0 Å². The molecule has 1 aliphatic rings. The van der Waals surface area contributed by atoms with Crippen LogP contribution in [0.15, 0.2) is 24.4 Å². The standard InChI is InChI=1S/C26H38N4O6Si/c1-6-36-25(32)20-9-7-8-10-23(31)28-21-15-18(27-26(33)34-2)11-12-19(21)22-16-30(24(20)29-22)17-35-13-14-37(3,4)5/h11-12,15-16,20H,6-10,13-14,17H2,1-5H3,(H,27,33)(H,28,31). The first-order chi connectivity index (χ1) is 17.6. The molecule has 1 aliphatic heterocycles. The third-order valence-corrected chi connectivity index (χ3v) is 7.77. The van der Waals surface area contributed by atoms with Crippen LogP contribution in [0.1, 0.15) is 44.3 Å². The number of imidazole rings is 1. The predicted molar refractivity (Wildman–Crippen MR) is 144 cm³/mol. The molecule has 2 amide bonds. The minimum atomic E-state index is -1.26. The summed E-state index contributed by atoms with van der Waals surface area (Å²) in [5.41, 5.74) is 2.22. The Morgan fingerprint density at radius 1 is 1.24 bits per heavy atom. The molecular weight excluding hydrogens is 492 g/mol. The van der Waals surface area contributed by atoms with Gasteiger partial charge in [-0.3, -0.25) is 14.9 Å². The fourth-order valence-electron chi connectivity index (χ4n) is 4.04. The number of nitrogens with zero attached hydrogens (tertiary/aromatic N) is 2. The van der Waals surface area contributed by atoms with Crippen molar-refractivity contribution in [2.75, 3.05) is 31.0 Å². The van der Waals surface area contributed by atoms with Gasteiger partial charge in [0.15, 0.2) is 0 Å². The van der Waals surface area contributed by atoms with Crippen molar-refractivity contribution >= 4 is 37.4 Å². The van der Waals surface area contributed by atoms with Crippen LogP contribution in [0.2, 0.25) is 25.7 Å². The quantitative estimate of drug-likeness (QED) is 0.273. The molecule has 1 aromatic heterocycles. The fraction of sp³-hybridized carbons (Fsp3) is 0.538. The van der Waals surface area contributed by atoms with E-state index >= 15 is 0 Å². The Balaban J connectivity index is 2.04. The maximum absolute atomic E-state index is 13.0. The zero-order chi connectivity index (χ0) is 27.0. The lowest BCUT2D eigenvalue weighted by atomic mass is 9.99. The van der Waals surface area contributed by atoms with Crippen molar-refractivity contribution in [3.63, 3.8) is 0 Å². The number of amides is 2. The summed E-state index contributed by atoms with van der Waals surface area (Å²) in [5, 5.41) is 5.57. The van der Waals surface area contributed by atoms with Gasteiger partial charge in [-0.15, -0.1) is 0 Å². The van der Waals surface area contributed by atoms with Gasteiger partial charge in [0.05, 0.1) is 25.1 Å². The van der Waals surface area contributed by atoms with Crippen molar-refractivity contribution in [3.8, 4) is 11.3 Å². The van der Waals surface area contributed by atoms with Crippen LogP contribution in [0.25, 0.3) is 11.3 Å². The summed E-state index contributed by atoms with van der Waals surface area (Å²) >= 11 is 0. The summed E-state index contributed by atoms with van der Waals surface area (Å²) in [5.74, 6) is -0.474. The van der Waals surface area contributed by atoms with Gasteiger partial charge < -0.3 is 24.1 Å². The van der Waals surface area contributed by atoms with Gasteiger partial charge >= 0.3 is 12.1 Å². The zero-order valence-corrected chi connectivity index (χ0v) is 23.4. The third kappa shape index (κ3) is 8.16. The number of esters is 1. The number of carbonyl (C=O) groups excluding carboxylic acids is 3. The second-order valence-corrected chi connectivity index (χ2v) is 15.9. The summed E-state index contributed by atoms with van der Waals surface area (Å²) < 4.78 is 18.0. The zero-order valence-electron chi connectivity index (χ0n) is 22.4. The summed E-state index contributed by atoms with van der Waals surface area (Å²) in [6.45, 7) is 9.83. The van der Waals surface area contributed by atoms with Crippen LogP contribution in [-0.4, -0.2) is 55.9 Å². The fourth-order valence-corrected chi connectivity index (χ4v) is 4.80. The Bertz CT molecular complexity index is 1110. The number of fused-ring (bicyclic) bond motifs is 4. The summed E-state index contributed by atoms with van der Waals surface area (Å²) in [4.78, 5) is 42.2. The number of hydrogen-bond donors (Lipinski definition) is 2. The molecule has 0 saturated heterocycles. The second kappa shape index (κ2) is 12.9. The van der Waals surface area contributed by atoms with Gasteiger partial charge in [0.2, 0.25) is 5.91 Å². The molecule has 2 N–H and O–H groups in total. The number of nitrogens with one attached hydrogen (secondary N) is 2. The van der Waals surface area contributed by atoms with E-state index in [-0.39, 0.29) is 25.2 Å². The van der Waals surface area contributed by atoms with Crippen LogP contribution >= 0.6 is 0 Å². The smallest absolute Gasteiger partial charge is 0.411 e. The minimum Gasteiger partial charge on any atom is -0.465 e. The van der Waals surface area contributed by atoms with Gasteiger partial charge in [-0.2, -0.15) is 0 Å². The maximum atomic E-state index is 13.0. The van der Waals surface area contributed by atoms with E-state index in [1.807, 2.05) is 10.8 Å². The van der Waals surface area contributed by atoms with Crippen molar-refractivity contribution in [2.24, 2.45) is 0 Å². The molecule has 37 heavy (non-hydrogen) atoms. The van der Waals surface area contributed by atoms with Gasteiger partial charge in [0.25, 0.3) is 0 Å². The number of rotatable bonds is 8. The number of methoxy groups -OCH3 is 1. The van der Waals surface area contributed by atoms with E-state index in [4.69, 9.17) is 14.5 Å². The van der Waals surface area contributed by atoms with E-state index in [9.17, 15) is 14.4 Å². The van der Waals surface area contributed by atoms with E-state index in [0.717, 1.165) is 6.04 Å². The monoisotopic (exact) mass is 530 g/mol. The molecule has 0 aliphatic carbocycles. The number of anilines is 2. The molecule has 0 saturated carbocycles. The van der Waals surface area contributed by atoms with Crippen LogP contribution in [-0.2, 0) is 30.5 Å². The van der Waals surface area contributed by atoms with E-state index in [2.05, 4.69) is 35.0 Å². The van der Waals surface area contributed by atoms with Crippen LogP contribution < -0.4 is 10.6 Å². The molecular formula is C26H38N4O6Si. The molecule has 3 rings (SSSR count). The molecule has 2 heterocycles. The highest BCUT2D eigenvalue weighted by Crippen LogP contribution is 2.34. The Morgan fingerprint density at radius 3 is 2.73 bits per heavy atom. The van der Waals surface area contributed by atoms with Crippen molar-refractivity contribution in [1.82, 2.24) is 9.55 Å². The topological polar surface area (TPSA) is 121 Å². The number of carbonyl (C=O) groups is 3. The van der Waals surface area contributed by atoms with E-state index < -0.39 is 20.1 Å². The molecule has 1 aromatic carbocycles. The lowest BCUT2D eigenvalue weighted by Crippen LogP contribution is -2.23. The van der Waals surface area contributed by atoms with Gasteiger partial charge in [-0.25, -0.2) is 9.78 Å². The molecule has 1 atom stereocenters. The maximum Gasteiger partial charge on any atom is 0.411 e. The van der Waals surface area contributed by atoms with E-state index in [1.54, 1.807) is 25.1 Å². The van der Waals surface area contributed by atoms with Crippen molar-refractivity contribution in [1.29, 1.82) is 0 Å². The number of benzene rings is 1. The normalized spacial score (nSPS) is 16.0. The van der Waals surface area contributed by atoms with Crippen LogP contribution in [0.4, 0.5) is 16.2 Å². The lowest BCUT2D eigenvalue weighted by molar-refractivity contribution is -0.145. The average molecular weight is 531 g/mol. The van der Waals surface area contributed by atoms with Gasteiger partial charge in [-0.1, -0.05) is 26.1 Å². The Hall–Kier alpha value is -3.18. The van der Waals surface area contributed by atoms with Gasteiger partial charge in [0, 0.05) is 38.5 Å². The molecule has 10 nitrogen and oxygen atoms in total. The molecule has 0 spiro atoms. The van der Waals surface area contributed by atoms with E-state index in [1.165, 1.54) is 7.11 Å². The Morgan fingerprint density at radius 2 is 2.03 bits per heavy atom. The van der Waals surface area contributed by atoms with E-state index in [0.29, 0.717) is 60.7 Å². The molecule has 2 aromatic rings. The summed E-state index contributed by atoms with van der Waals surface area (Å²) in [7, 11) is 0.0229. The van der Waals surface area contributed by atoms with Crippen molar-refractivity contribution in [2.45, 2.75) is 70.9 Å². The number of hydrogen-bond acceptors (Lipinski definition) is 7. The largest absolute Gasteiger partial charge is 0.465 e. The molecule has 202 valence electrons. The first kappa shape index (κ1) is 28.4. The minimum absolute atomic E-state index is 0.154. The molecule has 1 unspecified atom stereocenters. The lowest BCUT2D eigenvalue weighted by Gasteiger charge is -2.19. The highest BCUT2D eigenvalue weighted by Gasteiger charge is 2.29. The molecule has 11 heteroatoms. The Kier molecular flexibility index (Phi) is 9.87. The summed E-state index contributed by atoms with van der Waals surface area (Å²) in [6, 6.07) is 6.17. The predicted octanol–water partition coefficient (Wildman–Crippen LogP) is 5.20. The van der Waals surface area contributed by atoms with Gasteiger partial charge in [0.1, 0.15) is 18.5 Å². The number of aromatic nitrogens is 2. The van der Waals surface area contributed by atoms with Crippen LogP contribution in [0, 0.1) is 0 Å². The van der Waals surface area contributed by atoms with Crippen LogP contribution in [0.5, 0.6) is 0 Å². The third-order valence-electron chi connectivity index (χ3n) is 6.06. The highest BCUT2D eigenvalue weighted by molar-refractivity contribution is 6.76. The Labute approximate surface area is 219 Å². The first-order valence-electron chi connectivity index (χ1n) is 12.7. The molecule has 2 bridgehead atoms. The van der Waals surface area contributed by atoms with Crippen molar-refractivity contribution < 1.29 is 28.6 Å². The average Bonchev–Trinajstić information content (AvgIpc) is 3.24. The SMILES string of the molecule is CCOC(=O)C1CCCCC(=O)Nc2cc(NC(=O)OC)ccc2-c2cn(COCC[Si](C)(C)C)c1n2. The van der Waals surface area contributed by atoms with Gasteiger partial charge in [-0.05, 0) is 44.0 Å². The number of ether oxygens (including phenoxy) is 3. The molecule has 0 radical (unpaired) electrons. The first-order valence-corrected chi connectivity index (χ1v) is 16.4. The highest BCUT2D eigenvalue weighted by atomic mass is 28.3. The molecule has 0 fully saturated rings. The second-order valence-electron chi connectivity index (χ2n) is 10.3. The van der Waals surface area contributed by atoms with Crippen molar-refractivity contribution in [3.05, 3.63) is 30.2 Å². The summed E-state index contributed by atoms with van der Waals surface area (Å²) in [6.07, 6.45) is 3.32.